The number of benzene rings is 2. The summed E-state index contributed by atoms with van der Waals surface area (Å²) in [5, 5.41) is 0. The van der Waals surface area contributed by atoms with Gasteiger partial charge >= 0.3 is 5.89 Å². The van der Waals surface area contributed by atoms with Gasteiger partial charge in [-0.15, -0.1) is 0 Å². The van der Waals surface area contributed by atoms with Crippen LogP contribution in [-0.4, -0.2) is 0 Å². The monoisotopic (exact) mass is 379 g/mol. The van der Waals surface area contributed by atoms with E-state index in [-0.39, 0.29) is 24.0 Å². The molecule has 1 aromatic heterocycles. The molecule has 0 N–H and O–H groups in total. The number of rotatable bonds is 3. The van der Waals surface area contributed by atoms with E-state index < -0.39 is 0 Å². The Bertz CT molecular complexity index is 704. The van der Waals surface area contributed by atoms with Gasteiger partial charge in [-0.05, 0) is 17.2 Å². The molecule has 0 spiro atoms. The Balaban J connectivity index is 0.00000147. The first-order valence-corrected chi connectivity index (χ1v) is 6.78. The predicted octanol–water partition coefficient (Wildman–Crippen LogP) is 1.11. The molecule has 0 aliphatic carbocycles. The summed E-state index contributed by atoms with van der Waals surface area (Å²) in [5.41, 5.74) is 4.62. The number of aryl methyl sites for hydroxylation is 2. The highest BCUT2D eigenvalue weighted by Gasteiger charge is 2.18. The molecule has 3 heteroatoms. The second-order valence-corrected chi connectivity index (χ2v) is 4.82. The highest BCUT2D eigenvalue weighted by molar-refractivity contribution is 5.78. The summed E-state index contributed by atoms with van der Waals surface area (Å²) in [4.78, 5) is 0. The zero-order chi connectivity index (χ0) is 13.2. The largest absolute Gasteiger partial charge is 1.00 e. The quantitative estimate of drug-likeness (QED) is 0.492. The van der Waals surface area contributed by atoms with Gasteiger partial charge in [0.05, 0.1) is 6.92 Å². The second-order valence-electron chi connectivity index (χ2n) is 4.82. The number of halogens is 1. The zero-order valence-electron chi connectivity index (χ0n) is 11.8. The first-order chi connectivity index (χ1) is 9.29. The van der Waals surface area contributed by atoms with Crippen LogP contribution in [0.15, 0.2) is 52.9 Å². The van der Waals surface area contributed by atoms with Crippen LogP contribution in [0, 0.1) is 6.92 Å². The van der Waals surface area contributed by atoms with Crippen molar-refractivity contribution in [3.8, 4) is 11.1 Å². The van der Waals surface area contributed by atoms with Gasteiger partial charge in [0.25, 0.3) is 5.52 Å². The third kappa shape index (κ3) is 2.73. The van der Waals surface area contributed by atoms with Gasteiger partial charge in [0.2, 0.25) is 5.58 Å². The van der Waals surface area contributed by atoms with Crippen LogP contribution < -0.4 is 28.5 Å². The van der Waals surface area contributed by atoms with Crippen molar-refractivity contribution < 1.29 is 33.0 Å². The number of hydrogen-bond acceptors (Lipinski definition) is 1. The summed E-state index contributed by atoms with van der Waals surface area (Å²) in [5.74, 6) is 0.974. The minimum atomic E-state index is 0. The maximum absolute atomic E-state index is 5.81. The molecule has 0 unspecified atom stereocenters. The molecule has 0 bridgehead atoms. The molecule has 2 aromatic carbocycles. The molecule has 0 saturated heterocycles. The third-order valence-corrected chi connectivity index (χ3v) is 3.44. The summed E-state index contributed by atoms with van der Waals surface area (Å²) < 4.78 is 8.06. The Hall–Kier alpha value is -1.36. The van der Waals surface area contributed by atoms with Crippen LogP contribution in [-0.2, 0) is 6.54 Å². The zero-order valence-corrected chi connectivity index (χ0v) is 13.9. The highest BCUT2D eigenvalue weighted by atomic mass is 127. The minimum Gasteiger partial charge on any atom is -1.00 e. The Morgan fingerprint density at radius 2 is 1.75 bits per heavy atom. The molecule has 0 atom stereocenters. The molecule has 0 aliphatic heterocycles. The first kappa shape index (κ1) is 15.0. The van der Waals surface area contributed by atoms with E-state index >= 15 is 0 Å². The molecule has 3 rings (SSSR count). The minimum absolute atomic E-state index is 0. The SMILES string of the molecule is CCC[n+]1c(C)oc2ccc(-c3ccccc3)cc21.[I-]. The lowest BCUT2D eigenvalue weighted by atomic mass is 10.1. The predicted molar refractivity (Wildman–Crippen MR) is 76.9 cm³/mol. The molecule has 104 valence electrons. The van der Waals surface area contributed by atoms with Gasteiger partial charge in [-0.2, -0.15) is 4.57 Å². The second kappa shape index (κ2) is 6.39. The molecule has 1 heterocycles. The summed E-state index contributed by atoms with van der Waals surface area (Å²) in [6.45, 7) is 5.21. The van der Waals surface area contributed by atoms with Gasteiger partial charge < -0.3 is 28.4 Å². The van der Waals surface area contributed by atoms with E-state index in [1.165, 1.54) is 16.6 Å². The molecule has 0 radical (unpaired) electrons. The molecule has 20 heavy (non-hydrogen) atoms. The Labute approximate surface area is 136 Å². The van der Waals surface area contributed by atoms with E-state index in [2.05, 4.69) is 54.0 Å². The Morgan fingerprint density at radius 3 is 2.45 bits per heavy atom. The molecule has 0 amide bonds. The fraction of sp³-hybridized carbons (Fsp3) is 0.235. The van der Waals surface area contributed by atoms with Crippen LogP contribution in [0.1, 0.15) is 19.2 Å². The summed E-state index contributed by atoms with van der Waals surface area (Å²) in [7, 11) is 0. The molecular weight excluding hydrogens is 361 g/mol. The summed E-state index contributed by atoms with van der Waals surface area (Å²) in [6, 6.07) is 16.9. The lowest BCUT2D eigenvalue weighted by Gasteiger charge is -1.99. The maximum atomic E-state index is 5.81. The fourth-order valence-electron chi connectivity index (χ4n) is 2.51. The topological polar surface area (TPSA) is 17.0 Å². The lowest BCUT2D eigenvalue weighted by Crippen LogP contribution is -3.00. The average Bonchev–Trinajstić information content (AvgIpc) is 2.76. The lowest BCUT2D eigenvalue weighted by molar-refractivity contribution is -0.682. The fourth-order valence-corrected chi connectivity index (χ4v) is 2.51. The van der Waals surface area contributed by atoms with Crippen LogP contribution in [0.2, 0.25) is 0 Å². The van der Waals surface area contributed by atoms with E-state index in [1.807, 2.05) is 13.0 Å². The van der Waals surface area contributed by atoms with Crippen LogP contribution >= 0.6 is 0 Å². The van der Waals surface area contributed by atoms with E-state index in [0.717, 1.165) is 24.4 Å². The van der Waals surface area contributed by atoms with E-state index in [1.54, 1.807) is 0 Å². The van der Waals surface area contributed by atoms with Crippen LogP contribution in [0.4, 0.5) is 0 Å². The summed E-state index contributed by atoms with van der Waals surface area (Å²) in [6.07, 6.45) is 1.11. The summed E-state index contributed by atoms with van der Waals surface area (Å²) >= 11 is 0. The van der Waals surface area contributed by atoms with Gasteiger partial charge in [0.1, 0.15) is 0 Å². The van der Waals surface area contributed by atoms with Gasteiger partial charge in [0, 0.05) is 12.5 Å². The highest BCUT2D eigenvalue weighted by Crippen LogP contribution is 2.23. The molecule has 0 aliphatic rings. The Morgan fingerprint density at radius 1 is 1.00 bits per heavy atom. The Kier molecular flexibility index (Phi) is 4.81. The number of hydrogen-bond donors (Lipinski definition) is 0. The molecule has 0 fully saturated rings. The van der Waals surface area contributed by atoms with Crippen molar-refractivity contribution in [1.29, 1.82) is 0 Å². The van der Waals surface area contributed by atoms with Crippen molar-refractivity contribution in [2.75, 3.05) is 0 Å². The number of aromatic nitrogens is 1. The molecule has 2 nitrogen and oxygen atoms in total. The molecule has 0 saturated carbocycles. The van der Waals surface area contributed by atoms with Crippen molar-refractivity contribution in [3.05, 3.63) is 54.4 Å². The standard InChI is InChI=1S/C17H18NO.HI/c1-3-11-18-13(2)19-17-10-9-15(12-16(17)18)14-7-5-4-6-8-14;/h4-10,12H,3,11H2,1-2H3;1H/q+1;/p-1. The molecule has 3 aromatic rings. The van der Waals surface area contributed by atoms with E-state index in [4.69, 9.17) is 4.42 Å². The number of oxazole rings is 1. The van der Waals surface area contributed by atoms with Gasteiger partial charge in [-0.1, -0.05) is 43.3 Å². The third-order valence-electron chi connectivity index (χ3n) is 3.44. The van der Waals surface area contributed by atoms with Crippen molar-refractivity contribution in [3.63, 3.8) is 0 Å². The molecular formula is C17H18INO. The number of fused-ring (bicyclic) bond motifs is 1. The van der Waals surface area contributed by atoms with Crippen molar-refractivity contribution in [2.24, 2.45) is 0 Å². The maximum Gasteiger partial charge on any atom is 0.344 e. The van der Waals surface area contributed by atoms with E-state index in [0.29, 0.717) is 0 Å². The smallest absolute Gasteiger partial charge is 0.344 e. The average molecular weight is 379 g/mol. The van der Waals surface area contributed by atoms with E-state index in [9.17, 15) is 0 Å². The van der Waals surface area contributed by atoms with Gasteiger partial charge in [0.15, 0.2) is 6.54 Å². The van der Waals surface area contributed by atoms with Gasteiger partial charge in [-0.25, -0.2) is 0 Å². The normalized spacial score (nSPS) is 10.5. The first-order valence-electron chi connectivity index (χ1n) is 6.78. The van der Waals surface area contributed by atoms with Crippen molar-refractivity contribution in [1.82, 2.24) is 0 Å². The van der Waals surface area contributed by atoms with Crippen LogP contribution in [0.5, 0.6) is 0 Å². The van der Waals surface area contributed by atoms with Crippen LogP contribution in [0.25, 0.3) is 22.2 Å². The van der Waals surface area contributed by atoms with Crippen molar-refractivity contribution >= 4 is 11.1 Å². The van der Waals surface area contributed by atoms with Crippen molar-refractivity contribution in [2.45, 2.75) is 26.8 Å². The van der Waals surface area contributed by atoms with Gasteiger partial charge in [-0.3, -0.25) is 0 Å². The number of nitrogens with zero attached hydrogens (tertiary/aromatic N) is 1. The van der Waals surface area contributed by atoms with Crippen LogP contribution in [0.3, 0.4) is 0 Å².